The van der Waals surface area contributed by atoms with Gasteiger partial charge in [-0.15, -0.1) is 0 Å². The Morgan fingerprint density at radius 1 is 1.03 bits per heavy atom. The first-order chi connectivity index (χ1) is 17.1. The highest BCUT2D eigenvalue weighted by atomic mass is 16.5. The smallest absolute Gasteiger partial charge is 0.255 e. The van der Waals surface area contributed by atoms with Gasteiger partial charge in [-0.3, -0.25) is 4.79 Å². The second-order valence-corrected chi connectivity index (χ2v) is 8.45. The number of hydrogen-bond donors (Lipinski definition) is 1. The molecule has 0 unspecified atom stereocenters. The molecular formula is C27H27N5O3. The molecule has 0 bridgehead atoms. The van der Waals surface area contributed by atoms with Gasteiger partial charge in [0.25, 0.3) is 11.9 Å². The first kappa shape index (κ1) is 22.6. The van der Waals surface area contributed by atoms with Crippen LogP contribution in [0.3, 0.4) is 0 Å². The molecule has 0 aliphatic heterocycles. The Labute approximate surface area is 204 Å². The lowest BCUT2D eigenvalue weighted by Crippen LogP contribution is -2.23. The highest BCUT2D eigenvalue weighted by Gasteiger charge is 2.21. The maximum absolute atomic E-state index is 13.0. The lowest BCUT2D eigenvalue weighted by atomic mass is 10.0. The van der Waals surface area contributed by atoms with E-state index >= 15 is 0 Å². The summed E-state index contributed by atoms with van der Waals surface area (Å²) in [5, 5.41) is 7.39. The summed E-state index contributed by atoms with van der Waals surface area (Å²) in [4.78, 5) is 22.5. The van der Waals surface area contributed by atoms with Gasteiger partial charge in [0.15, 0.2) is 11.5 Å². The van der Waals surface area contributed by atoms with Gasteiger partial charge in [-0.1, -0.05) is 36.4 Å². The summed E-state index contributed by atoms with van der Waals surface area (Å²) in [7, 11) is 3.16. The third-order valence-corrected chi connectivity index (χ3v) is 6.38. The number of rotatable bonds is 6. The molecular weight excluding hydrogens is 442 g/mol. The average Bonchev–Trinajstić information content (AvgIpc) is 3.18. The van der Waals surface area contributed by atoms with Gasteiger partial charge in [0.05, 0.1) is 37.4 Å². The van der Waals surface area contributed by atoms with E-state index in [1.165, 1.54) is 5.56 Å². The molecule has 35 heavy (non-hydrogen) atoms. The first-order valence-corrected chi connectivity index (χ1v) is 11.6. The fourth-order valence-electron chi connectivity index (χ4n) is 4.55. The molecule has 0 atom stereocenters. The molecule has 4 aromatic rings. The van der Waals surface area contributed by atoms with Crippen LogP contribution in [0, 0.1) is 6.92 Å². The van der Waals surface area contributed by atoms with E-state index in [1.54, 1.807) is 25.1 Å². The predicted molar refractivity (Wildman–Crippen MR) is 132 cm³/mol. The minimum Gasteiger partial charge on any atom is -0.493 e. The van der Waals surface area contributed by atoms with E-state index in [0.717, 1.165) is 41.6 Å². The minimum atomic E-state index is -0.237. The molecule has 0 saturated carbocycles. The molecule has 0 saturated heterocycles. The van der Waals surface area contributed by atoms with Crippen LogP contribution in [0.15, 0.2) is 54.9 Å². The monoisotopic (exact) mass is 469 g/mol. The molecule has 1 aliphatic carbocycles. The Balaban J connectivity index is 1.41. The number of hydrogen-bond acceptors (Lipinski definition) is 6. The number of nitrogens with one attached hydrogen (secondary N) is 1. The summed E-state index contributed by atoms with van der Waals surface area (Å²) in [6, 6.07) is 13.9. The SMILES string of the molecule is COc1cccc(CNC(=O)c2cnn(-c3ncc4c(n3)-c3ccccc3CCC4)c2C)c1OC. The van der Waals surface area contributed by atoms with Crippen molar-refractivity contribution in [2.75, 3.05) is 14.2 Å². The Kier molecular flexibility index (Phi) is 6.18. The number of methoxy groups -OCH3 is 2. The highest BCUT2D eigenvalue weighted by molar-refractivity contribution is 5.95. The van der Waals surface area contributed by atoms with Crippen LogP contribution in [0.4, 0.5) is 0 Å². The normalized spacial score (nSPS) is 12.3. The van der Waals surface area contributed by atoms with E-state index in [2.05, 4.69) is 33.6 Å². The zero-order valence-corrected chi connectivity index (χ0v) is 20.0. The van der Waals surface area contributed by atoms with Gasteiger partial charge in [-0.25, -0.2) is 14.6 Å². The summed E-state index contributed by atoms with van der Waals surface area (Å²) < 4.78 is 12.4. The number of fused-ring (bicyclic) bond motifs is 3. The van der Waals surface area contributed by atoms with Crippen LogP contribution in [0.1, 0.15) is 39.2 Å². The van der Waals surface area contributed by atoms with Crippen molar-refractivity contribution in [1.82, 2.24) is 25.1 Å². The number of para-hydroxylation sites is 1. The Bertz CT molecular complexity index is 1400. The fourth-order valence-corrected chi connectivity index (χ4v) is 4.55. The van der Waals surface area contributed by atoms with Crippen LogP contribution in [0.25, 0.3) is 17.2 Å². The Morgan fingerprint density at radius 2 is 1.86 bits per heavy atom. The van der Waals surface area contributed by atoms with Crippen molar-refractivity contribution in [3.05, 3.63) is 82.8 Å². The van der Waals surface area contributed by atoms with Gasteiger partial charge in [0.1, 0.15) is 0 Å². The van der Waals surface area contributed by atoms with Crippen molar-refractivity contribution >= 4 is 5.91 Å². The summed E-state index contributed by atoms with van der Waals surface area (Å²) >= 11 is 0. The molecule has 2 aromatic heterocycles. The van der Waals surface area contributed by atoms with Crippen LogP contribution < -0.4 is 14.8 Å². The molecule has 1 aliphatic rings. The number of nitrogens with zero attached hydrogens (tertiary/aromatic N) is 4. The fraction of sp³-hybridized carbons (Fsp3) is 0.259. The van der Waals surface area contributed by atoms with Crippen molar-refractivity contribution in [3.63, 3.8) is 0 Å². The van der Waals surface area contributed by atoms with Crippen molar-refractivity contribution in [3.8, 4) is 28.7 Å². The quantitative estimate of drug-likeness (QED) is 0.458. The van der Waals surface area contributed by atoms with Gasteiger partial charge in [-0.05, 0) is 43.4 Å². The van der Waals surface area contributed by atoms with Gasteiger partial charge >= 0.3 is 0 Å². The van der Waals surface area contributed by atoms with E-state index in [0.29, 0.717) is 28.7 Å². The zero-order chi connectivity index (χ0) is 24.4. The third-order valence-electron chi connectivity index (χ3n) is 6.38. The largest absolute Gasteiger partial charge is 0.493 e. The Morgan fingerprint density at radius 3 is 2.69 bits per heavy atom. The second kappa shape index (κ2) is 9.58. The molecule has 0 spiro atoms. The van der Waals surface area contributed by atoms with Crippen molar-refractivity contribution in [2.45, 2.75) is 32.7 Å². The standard InChI is InChI=1S/C27H27N5O3/c1-17-22(26(33)28-15-20-11-7-13-23(34-2)25(20)35-3)16-30-32(17)27-29-14-19-10-6-9-18-8-4-5-12-21(18)24(19)31-27/h4-5,7-8,11-14,16H,6,9-10,15H2,1-3H3,(H,28,33). The molecule has 0 fully saturated rings. The number of amides is 1. The van der Waals surface area contributed by atoms with E-state index < -0.39 is 0 Å². The predicted octanol–water partition coefficient (Wildman–Crippen LogP) is 4.07. The van der Waals surface area contributed by atoms with Crippen molar-refractivity contribution in [2.24, 2.45) is 0 Å². The summed E-state index contributed by atoms with van der Waals surface area (Å²) in [6.07, 6.45) is 6.46. The topological polar surface area (TPSA) is 91.2 Å². The van der Waals surface area contributed by atoms with E-state index in [4.69, 9.17) is 14.5 Å². The maximum atomic E-state index is 13.0. The molecule has 1 amide bonds. The van der Waals surface area contributed by atoms with Crippen molar-refractivity contribution in [1.29, 1.82) is 0 Å². The number of carbonyl (C=O) groups is 1. The van der Waals surface area contributed by atoms with Crippen LogP contribution in [0.2, 0.25) is 0 Å². The van der Waals surface area contributed by atoms with Gasteiger partial charge in [0, 0.05) is 23.9 Å². The average molecular weight is 470 g/mol. The third kappa shape index (κ3) is 4.23. The summed E-state index contributed by atoms with van der Waals surface area (Å²) in [6.45, 7) is 2.13. The zero-order valence-electron chi connectivity index (χ0n) is 20.0. The van der Waals surface area contributed by atoms with Crippen LogP contribution in [-0.4, -0.2) is 39.9 Å². The van der Waals surface area contributed by atoms with E-state index in [9.17, 15) is 4.79 Å². The molecule has 8 nitrogen and oxygen atoms in total. The second-order valence-electron chi connectivity index (χ2n) is 8.45. The van der Waals surface area contributed by atoms with E-state index in [1.807, 2.05) is 37.4 Å². The first-order valence-electron chi connectivity index (χ1n) is 11.6. The van der Waals surface area contributed by atoms with Crippen LogP contribution in [-0.2, 0) is 19.4 Å². The number of aromatic nitrogens is 4. The number of carbonyl (C=O) groups excluding carboxylic acids is 1. The van der Waals surface area contributed by atoms with Crippen LogP contribution >= 0.6 is 0 Å². The number of ether oxygens (including phenoxy) is 2. The highest BCUT2D eigenvalue weighted by Crippen LogP contribution is 2.32. The minimum absolute atomic E-state index is 0.237. The lowest BCUT2D eigenvalue weighted by Gasteiger charge is -2.13. The van der Waals surface area contributed by atoms with Gasteiger partial charge in [0.2, 0.25) is 0 Å². The summed E-state index contributed by atoms with van der Waals surface area (Å²) in [5.74, 6) is 1.43. The molecule has 5 rings (SSSR count). The van der Waals surface area contributed by atoms with Crippen LogP contribution in [0.5, 0.6) is 11.5 Å². The number of benzene rings is 2. The molecule has 2 aromatic carbocycles. The van der Waals surface area contributed by atoms with E-state index in [-0.39, 0.29) is 12.5 Å². The van der Waals surface area contributed by atoms with Crippen molar-refractivity contribution < 1.29 is 14.3 Å². The maximum Gasteiger partial charge on any atom is 0.255 e. The molecule has 1 N–H and O–H groups in total. The molecule has 8 heteroatoms. The molecule has 178 valence electrons. The molecule has 2 heterocycles. The Hall–Kier alpha value is -4.20. The lowest BCUT2D eigenvalue weighted by molar-refractivity contribution is 0.0950. The molecule has 0 radical (unpaired) electrons. The van der Waals surface area contributed by atoms with Gasteiger partial charge < -0.3 is 14.8 Å². The number of aryl methyl sites for hydroxylation is 2. The summed E-state index contributed by atoms with van der Waals surface area (Å²) in [5.41, 5.74) is 6.45. The van der Waals surface area contributed by atoms with Gasteiger partial charge in [-0.2, -0.15) is 5.10 Å².